The Balaban J connectivity index is 1.07. The van der Waals surface area contributed by atoms with Crippen LogP contribution in [0.3, 0.4) is 0 Å². The molecule has 2 aromatic carbocycles. The van der Waals surface area contributed by atoms with E-state index in [0.29, 0.717) is 42.8 Å². The Labute approximate surface area is 215 Å². The van der Waals surface area contributed by atoms with Crippen molar-refractivity contribution in [3.8, 4) is 11.4 Å². The van der Waals surface area contributed by atoms with Crippen molar-refractivity contribution in [2.45, 2.75) is 45.3 Å². The van der Waals surface area contributed by atoms with Gasteiger partial charge in [0.1, 0.15) is 0 Å². The number of aromatic nitrogens is 2. The number of carbonyl (C=O) groups excluding carboxylic acids is 2. The lowest BCUT2D eigenvalue weighted by atomic mass is 9.96. The molecular formula is C27H30ClN5O3. The van der Waals surface area contributed by atoms with Crippen molar-refractivity contribution in [2.24, 2.45) is 5.92 Å². The fraction of sp³-hybridized carbons (Fsp3) is 0.407. The van der Waals surface area contributed by atoms with Gasteiger partial charge in [-0.15, -0.1) is 0 Å². The fourth-order valence-corrected chi connectivity index (χ4v) is 5.06. The monoisotopic (exact) mass is 507 g/mol. The first-order chi connectivity index (χ1) is 17.5. The number of hydrogen-bond acceptors (Lipinski definition) is 6. The molecule has 0 radical (unpaired) electrons. The molecule has 3 heterocycles. The zero-order valence-corrected chi connectivity index (χ0v) is 20.9. The SMILES string of the molecule is O=C(NCc1cccc(CN2CCCC2=O)c1)C1CCN(Cc2nc(-c3cccc(Cl)c3)no2)CC1. The van der Waals surface area contributed by atoms with Crippen LogP contribution in [0, 0.1) is 5.92 Å². The molecule has 2 saturated heterocycles. The van der Waals surface area contributed by atoms with E-state index in [9.17, 15) is 9.59 Å². The van der Waals surface area contributed by atoms with Crippen LogP contribution in [0.1, 0.15) is 42.7 Å². The van der Waals surface area contributed by atoms with Crippen molar-refractivity contribution in [2.75, 3.05) is 19.6 Å². The Bertz CT molecular complexity index is 1220. The third-order valence-electron chi connectivity index (χ3n) is 6.87. The van der Waals surface area contributed by atoms with Crippen molar-refractivity contribution in [1.82, 2.24) is 25.3 Å². The predicted molar refractivity (Wildman–Crippen MR) is 136 cm³/mol. The summed E-state index contributed by atoms with van der Waals surface area (Å²) in [6.45, 7) is 4.12. The normalized spacial score (nSPS) is 17.0. The Kier molecular flexibility index (Phi) is 7.63. The number of carbonyl (C=O) groups is 2. The van der Waals surface area contributed by atoms with Crippen LogP contribution in [-0.4, -0.2) is 51.4 Å². The third-order valence-corrected chi connectivity index (χ3v) is 7.11. The molecule has 36 heavy (non-hydrogen) atoms. The second-order valence-electron chi connectivity index (χ2n) is 9.53. The molecule has 5 rings (SSSR count). The summed E-state index contributed by atoms with van der Waals surface area (Å²) in [5, 5.41) is 7.80. The van der Waals surface area contributed by atoms with Crippen LogP contribution in [0.5, 0.6) is 0 Å². The second kappa shape index (κ2) is 11.2. The minimum absolute atomic E-state index is 0.00337. The van der Waals surface area contributed by atoms with Crippen LogP contribution in [0.4, 0.5) is 0 Å². The van der Waals surface area contributed by atoms with Gasteiger partial charge in [-0.3, -0.25) is 14.5 Å². The van der Waals surface area contributed by atoms with Gasteiger partial charge in [-0.1, -0.05) is 53.2 Å². The van der Waals surface area contributed by atoms with Crippen molar-refractivity contribution < 1.29 is 14.1 Å². The first-order valence-corrected chi connectivity index (χ1v) is 12.9. The highest BCUT2D eigenvalue weighted by Gasteiger charge is 2.26. The van der Waals surface area contributed by atoms with Crippen LogP contribution >= 0.6 is 11.6 Å². The van der Waals surface area contributed by atoms with Crippen LogP contribution in [-0.2, 0) is 29.2 Å². The van der Waals surface area contributed by atoms with Crippen molar-refractivity contribution >= 4 is 23.4 Å². The van der Waals surface area contributed by atoms with E-state index in [4.69, 9.17) is 16.1 Å². The standard InChI is InChI=1S/C27H30ClN5O3/c28-23-7-2-6-22(15-23)26-30-24(36-31-26)18-32-12-9-21(10-13-32)27(35)29-16-19-4-1-5-20(14-19)17-33-11-3-8-25(33)34/h1-2,4-7,14-15,21H,3,8-13,16-18H2,(H,29,35). The average Bonchev–Trinajstić information content (AvgIpc) is 3.52. The van der Waals surface area contributed by atoms with E-state index in [-0.39, 0.29) is 17.7 Å². The van der Waals surface area contributed by atoms with Gasteiger partial charge in [0.05, 0.1) is 6.54 Å². The number of amides is 2. The van der Waals surface area contributed by atoms with Crippen LogP contribution in [0.25, 0.3) is 11.4 Å². The van der Waals surface area contributed by atoms with Crippen LogP contribution in [0.15, 0.2) is 53.1 Å². The molecule has 0 saturated carbocycles. The van der Waals surface area contributed by atoms with Gasteiger partial charge in [0, 0.05) is 42.6 Å². The molecule has 2 aliphatic rings. The molecule has 2 amide bonds. The zero-order valence-electron chi connectivity index (χ0n) is 20.2. The second-order valence-corrected chi connectivity index (χ2v) is 9.97. The number of nitrogens with zero attached hydrogens (tertiary/aromatic N) is 4. The van der Waals surface area contributed by atoms with Gasteiger partial charge in [0.25, 0.3) is 0 Å². The zero-order chi connectivity index (χ0) is 24.9. The Morgan fingerprint density at radius 3 is 2.64 bits per heavy atom. The average molecular weight is 508 g/mol. The summed E-state index contributed by atoms with van der Waals surface area (Å²) in [5.41, 5.74) is 2.98. The summed E-state index contributed by atoms with van der Waals surface area (Å²) in [5.74, 6) is 1.40. The maximum Gasteiger partial charge on any atom is 0.241 e. The number of nitrogens with one attached hydrogen (secondary N) is 1. The largest absolute Gasteiger partial charge is 0.352 e. The molecule has 3 aromatic rings. The smallest absolute Gasteiger partial charge is 0.241 e. The van der Waals surface area contributed by atoms with Crippen molar-refractivity contribution in [3.05, 3.63) is 70.6 Å². The summed E-state index contributed by atoms with van der Waals surface area (Å²) in [6.07, 6.45) is 3.16. The molecular weight excluding hydrogens is 478 g/mol. The highest BCUT2D eigenvalue weighted by molar-refractivity contribution is 6.30. The van der Waals surface area contributed by atoms with Gasteiger partial charge in [-0.05, 0) is 55.6 Å². The molecule has 0 unspecified atom stereocenters. The van der Waals surface area contributed by atoms with E-state index in [1.807, 2.05) is 47.4 Å². The van der Waals surface area contributed by atoms with E-state index in [1.165, 1.54) is 0 Å². The predicted octanol–water partition coefficient (Wildman–Crippen LogP) is 4.04. The Morgan fingerprint density at radius 2 is 1.86 bits per heavy atom. The highest BCUT2D eigenvalue weighted by atomic mass is 35.5. The molecule has 0 aliphatic carbocycles. The van der Waals surface area contributed by atoms with Gasteiger partial charge in [0.2, 0.25) is 23.5 Å². The summed E-state index contributed by atoms with van der Waals surface area (Å²) in [7, 11) is 0. The topological polar surface area (TPSA) is 91.6 Å². The third kappa shape index (κ3) is 6.12. The number of piperidine rings is 1. The molecule has 188 valence electrons. The van der Waals surface area contributed by atoms with E-state index >= 15 is 0 Å². The lowest BCUT2D eigenvalue weighted by Crippen LogP contribution is -2.40. The fourth-order valence-electron chi connectivity index (χ4n) is 4.87. The maximum absolute atomic E-state index is 12.8. The minimum atomic E-state index is -0.00337. The number of halogens is 1. The summed E-state index contributed by atoms with van der Waals surface area (Å²) < 4.78 is 5.43. The Hall–Kier alpha value is -3.23. The molecule has 1 N–H and O–H groups in total. The first kappa shape index (κ1) is 24.5. The molecule has 0 spiro atoms. The number of rotatable bonds is 8. The molecule has 1 aromatic heterocycles. The molecule has 2 aliphatic heterocycles. The number of hydrogen-bond donors (Lipinski definition) is 1. The number of likely N-dealkylation sites (tertiary alicyclic amines) is 2. The quantitative estimate of drug-likeness (QED) is 0.494. The van der Waals surface area contributed by atoms with Crippen LogP contribution < -0.4 is 5.32 Å². The lowest BCUT2D eigenvalue weighted by molar-refractivity contribution is -0.128. The Morgan fingerprint density at radius 1 is 1.06 bits per heavy atom. The number of benzene rings is 2. The van der Waals surface area contributed by atoms with E-state index in [2.05, 4.69) is 26.4 Å². The van der Waals surface area contributed by atoms with Crippen molar-refractivity contribution in [3.63, 3.8) is 0 Å². The molecule has 2 fully saturated rings. The van der Waals surface area contributed by atoms with E-state index in [1.54, 1.807) is 0 Å². The summed E-state index contributed by atoms with van der Waals surface area (Å²) >= 11 is 6.06. The van der Waals surface area contributed by atoms with Crippen molar-refractivity contribution in [1.29, 1.82) is 0 Å². The molecule has 0 bridgehead atoms. The highest BCUT2D eigenvalue weighted by Crippen LogP contribution is 2.22. The van der Waals surface area contributed by atoms with Gasteiger partial charge in [-0.25, -0.2) is 0 Å². The van der Waals surface area contributed by atoms with E-state index < -0.39 is 0 Å². The van der Waals surface area contributed by atoms with Crippen LogP contribution in [0.2, 0.25) is 5.02 Å². The molecule has 8 nitrogen and oxygen atoms in total. The lowest BCUT2D eigenvalue weighted by Gasteiger charge is -2.30. The van der Waals surface area contributed by atoms with Gasteiger partial charge in [0.15, 0.2) is 0 Å². The summed E-state index contributed by atoms with van der Waals surface area (Å²) in [6, 6.07) is 15.5. The molecule has 9 heteroatoms. The maximum atomic E-state index is 12.8. The van der Waals surface area contributed by atoms with E-state index in [0.717, 1.165) is 55.6 Å². The molecule has 0 atom stereocenters. The van der Waals surface area contributed by atoms with Gasteiger partial charge < -0.3 is 14.7 Å². The van der Waals surface area contributed by atoms with Gasteiger partial charge in [-0.2, -0.15) is 4.98 Å². The minimum Gasteiger partial charge on any atom is -0.352 e. The summed E-state index contributed by atoms with van der Waals surface area (Å²) in [4.78, 5) is 33.3. The first-order valence-electron chi connectivity index (χ1n) is 12.5. The van der Waals surface area contributed by atoms with Gasteiger partial charge >= 0.3 is 0 Å².